The molecule has 2 aliphatic rings. The number of carbonyl (C=O) groups is 1. The van der Waals surface area contributed by atoms with Crippen molar-refractivity contribution < 1.29 is 13.6 Å². The summed E-state index contributed by atoms with van der Waals surface area (Å²) in [5.74, 6) is 0.0143. The van der Waals surface area contributed by atoms with Crippen molar-refractivity contribution in [2.45, 2.75) is 45.2 Å². The van der Waals surface area contributed by atoms with Gasteiger partial charge in [0.2, 0.25) is 11.8 Å². The van der Waals surface area contributed by atoms with E-state index in [1.54, 1.807) is 19.1 Å². The van der Waals surface area contributed by atoms with E-state index in [0.29, 0.717) is 11.0 Å². The molecule has 0 radical (unpaired) electrons. The molecule has 1 aliphatic heterocycles. The van der Waals surface area contributed by atoms with E-state index < -0.39 is 6.04 Å². The van der Waals surface area contributed by atoms with E-state index in [0.717, 1.165) is 13.0 Å². The van der Waals surface area contributed by atoms with E-state index >= 15 is 0 Å². The molecule has 1 aromatic heterocycles. The van der Waals surface area contributed by atoms with Crippen LogP contribution in [0.2, 0.25) is 0 Å². The van der Waals surface area contributed by atoms with Crippen molar-refractivity contribution in [3.05, 3.63) is 30.1 Å². The first-order valence-electron chi connectivity index (χ1n) is 8.62. The zero-order chi connectivity index (χ0) is 17.6. The predicted molar refractivity (Wildman–Crippen MR) is 90.2 cm³/mol. The van der Waals surface area contributed by atoms with Crippen LogP contribution in [0.25, 0.3) is 11.5 Å². The summed E-state index contributed by atoms with van der Waals surface area (Å²) in [6, 6.07) is 5.83. The molecule has 1 N–H and O–H groups in total. The first-order valence-corrected chi connectivity index (χ1v) is 8.62. The number of hydrogen-bond acceptors (Lipinski definition) is 5. The van der Waals surface area contributed by atoms with Crippen LogP contribution in [0.5, 0.6) is 0 Å². The summed E-state index contributed by atoms with van der Waals surface area (Å²) in [6.45, 7) is 4.76. The topological polar surface area (TPSA) is 71.3 Å². The maximum Gasteiger partial charge on any atom is 0.316 e. The maximum atomic E-state index is 13.0. The van der Waals surface area contributed by atoms with E-state index in [2.05, 4.69) is 22.4 Å². The average Bonchev–Trinajstić information content (AvgIpc) is 3.03. The van der Waals surface area contributed by atoms with Crippen molar-refractivity contribution in [3.63, 3.8) is 0 Å². The lowest BCUT2D eigenvalue weighted by Crippen LogP contribution is -2.43. The lowest BCUT2D eigenvalue weighted by atomic mass is 10.0. The Morgan fingerprint density at radius 3 is 2.72 bits per heavy atom. The average molecular weight is 344 g/mol. The van der Waals surface area contributed by atoms with Crippen molar-refractivity contribution in [2.75, 3.05) is 11.9 Å². The summed E-state index contributed by atoms with van der Waals surface area (Å²) in [5, 5.41) is 10.9. The van der Waals surface area contributed by atoms with E-state index in [1.165, 1.54) is 25.0 Å². The molecule has 1 aliphatic carbocycles. The van der Waals surface area contributed by atoms with E-state index in [9.17, 15) is 9.18 Å². The number of carbonyl (C=O) groups excluding carboxylic acids is 1. The van der Waals surface area contributed by atoms with E-state index in [1.807, 2.05) is 4.90 Å². The highest BCUT2D eigenvalue weighted by Crippen LogP contribution is 2.54. The van der Waals surface area contributed by atoms with Crippen LogP contribution in [0.15, 0.2) is 28.7 Å². The van der Waals surface area contributed by atoms with Gasteiger partial charge in [-0.15, -0.1) is 5.10 Å². The number of nitrogens with one attached hydrogen (secondary N) is 1. The zero-order valence-corrected chi connectivity index (χ0v) is 14.3. The van der Waals surface area contributed by atoms with Gasteiger partial charge in [-0.25, -0.2) is 4.39 Å². The fourth-order valence-electron chi connectivity index (χ4n) is 3.64. The maximum absolute atomic E-state index is 13.0. The molecule has 2 heterocycles. The highest BCUT2D eigenvalue weighted by atomic mass is 19.1. The molecule has 2 aromatic rings. The Labute approximate surface area is 145 Å². The molecule has 1 aromatic carbocycles. The lowest BCUT2D eigenvalue weighted by molar-refractivity contribution is -0.132. The second-order valence-corrected chi connectivity index (χ2v) is 7.30. The largest absolute Gasteiger partial charge is 0.403 e. The molecule has 7 heteroatoms. The number of nitrogens with zero attached hydrogens (tertiary/aromatic N) is 3. The highest BCUT2D eigenvalue weighted by Gasteiger charge is 2.52. The van der Waals surface area contributed by atoms with Crippen LogP contribution in [0.1, 0.15) is 33.1 Å². The minimum absolute atomic E-state index is 0.0535. The van der Waals surface area contributed by atoms with Crippen LogP contribution in [-0.2, 0) is 4.79 Å². The monoisotopic (exact) mass is 344 g/mol. The number of likely N-dealkylation sites (tertiary alicyclic amines) is 1. The van der Waals surface area contributed by atoms with Gasteiger partial charge < -0.3 is 14.6 Å². The molecule has 1 amide bonds. The van der Waals surface area contributed by atoms with E-state index in [-0.39, 0.29) is 29.7 Å². The third-order valence-corrected chi connectivity index (χ3v) is 5.23. The molecule has 6 nitrogen and oxygen atoms in total. The van der Waals surface area contributed by atoms with Gasteiger partial charge in [0.15, 0.2) is 0 Å². The van der Waals surface area contributed by atoms with Crippen LogP contribution in [0.3, 0.4) is 0 Å². The van der Waals surface area contributed by atoms with Gasteiger partial charge in [0.05, 0.1) is 0 Å². The molecule has 1 saturated carbocycles. The molecule has 132 valence electrons. The Morgan fingerprint density at radius 1 is 1.36 bits per heavy atom. The molecule has 1 saturated heterocycles. The Morgan fingerprint density at radius 2 is 2.08 bits per heavy atom. The Kier molecular flexibility index (Phi) is 3.74. The second-order valence-electron chi connectivity index (χ2n) is 7.30. The second kappa shape index (κ2) is 5.82. The minimum Gasteiger partial charge on any atom is -0.403 e. The van der Waals surface area contributed by atoms with Crippen molar-refractivity contribution in [1.82, 2.24) is 15.1 Å². The molecule has 1 spiro atoms. The van der Waals surface area contributed by atoms with Gasteiger partial charge in [-0.3, -0.25) is 4.79 Å². The minimum atomic E-state index is -0.446. The third kappa shape index (κ3) is 3.10. The summed E-state index contributed by atoms with van der Waals surface area (Å²) in [5.41, 5.74) is 1.01. The van der Waals surface area contributed by atoms with Crippen LogP contribution in [0.4, 0.5) is 10.4 Å². The van der Waals surface area contributed by atoms with Gasteiger partial charge in [-0.1, -0.05) is 5.10 Å². The fourth-order valence-corrected chi connectivity index (χ4v) is 3.64. The summed E-state index contributed by atoms with van der Waals surface area (Å²) in [7, 11) is 0. The molecule has 2 atom stereocenters. The number of rotatable bonds is 4. The number of anilines is 1. The highest BCUT2D eigenvalue weighted by molar-refractivity contribution is 5.84. The first-order chi connectivity index (χ1) is 12.0. The van der Waals surface area contributed by atoms with Gasteiger partial charge >= 0.3 is 6.01 Å². The number of hydrogen-bond donors (Lipinski definition) is 1. The van der Waals surface area contributed by atoms with Gasteiger partial charge in [0, 0.05) is 18.2 Å². The van der Waals surface area contributed by atoms with Crippen LogP contribution >= 0.6 is 0 Å². The normalized spacial score (nSPS) is 22.2. The number of benzene rings is 1. The Bertz CT molecular complexity index is 785. The molecule has 2 fully saturated rings. The van der Waals surface area contributed by atoms with Crippen molar-refractivity contribution in [2.24, 2.45) is 5.41 Å². The van der Waals surface area contributed by atoms with Gasteiger partial charge in [-0.05, 0) is 62.8 Å². The molecule has 4 rings (SSSR count). The molecule has 0 bridgehead atoms. The quantitative estimate of drug-likeness (QED) is 0.923. The van der Waals surface area contributed by atoms with Crippen molar-refractivity contribution >= 4 is 11.9 Å². The number of aromatic nitrogens is 2. The summed E-state index contributed by atoms with van der Waals surface area (Å²) >= 11 is 0. The third-order valence-electron chi connectivity index (χ3n) is 5.23. The Hall–Kier alpha value is -2.44. The molecular weight excluding hydrogens is 323 g/mol. The molecule has 0 unspecified atom stereocenters. The molecule has 25 heavy (non-hydrogen) atoms. The zero-order valence-electron chi connectivity index (χ0n) is 14.3. The van der Waals surface area contributed by atoms with E-state index in [4.69, 9.17) is 4.42 Å². The SMILES string of the molecule is C[C@@H](Nc1nnc(-c2ccc(F)cc2)o1)C(=O)N1CC2(CC2)C[C@@H]1C. The Balaban J connectivity index is 1.42. The van der Waals surface area contributed by atoms with Crippen LogP contribution in [0, 0.1) is 11.2 Å². The van der Waals surface area contributed by atoms with Crippen LogP contribution < -0.4 is 5.32 Å². The molecular formula is C18H21FN4O2. The standard InChI is InChI=1S/C18H21FN4O2/c1-11-9-18(7-8-18)10-23(11)16(24)12(2)20-17-22-21-15(25-17)13-3-5-14(19)6-4-13/h3-6,11-12H,7-10H2,1-2H3,(H,20,22)/t11-,12+/m0/s1. The summed E-state index contributed by atoms with van der Waals surface area (Å²) in [4.78, 5) is 14.7. The fraction of sp³-hybridized carbons (Fsp3) is 0.500. The lowest BCUT2D eigenvalue weighted by Gasteiger charge is -2.25. The van der Waals surface area contributed by atoms with Gasteiger partial charge in [0.1, 0.15) is 11.9 Å². The number of amides is 1. The van der Waals surface area contributed by atoms with Gasteiger partial charge in [-0.2, -0.15) is 0 Å². The van der Waals surface area contributed by atoms with Crippen molar-refractivity contribution in [3.8, 4) is 11.5 Å². The van der Waals surface area contributed by atoms with Gasteiger partial charge in [0.25, 0.3) is 0 Å². The smallest absolute Gasteiger partial charge is 0.316 e. The number of halogens is 1. The van der Waals surface area contributed by atoms with Crippen LogP contribution in [-0.4, -0.2) is 39.6 Å². The van der Waals surface area contributed by atoms with Crippen molar-refractivity contribution in [1.29, 1.82) is 0 Å². The summed E-state index contributed by atoms with van der Waals surface area (Å²) in [6.07, 6.45) is 3.56. The first kappa shape index (κ1) is 16.1. The summed E-state index contributed by atoms with van der Waals surface area (Å²) < 4.78 is 18.5. The predicted octanol–water partition coefficient (Wildman–Crippen LogP) is 3.08.